The molecule has 3 aromatic heterocycles. The maximum absolute atomic E-state index is 11.6. The number of rotatable bonds is 8. The molecule has 0 amide bonds. The van der Waals surface area contributed by atoms with Gasteiger partial charge in [-0.05, 0) is 29.2 Å². The minimum absolute atomic E-state index is 0.0435. The molecule has 0 spiro atoms. The summed E-state index contributed by atoms with van der Waals surface area (Å²) in [5, 5.41) is 45.4. The Morgan fingerprint density at radius 2 is 1.93 bits per heavy atom. The van der Waals surface area contributed by atoms with Crippen LogP contribution >= 0.6 is 11.6 Å². The normalized spacial score (nSPS) is 22.1. The summed E-state index contributed by atoms with van der Waals surface area (Å²) >= 11 is 5.94. The van der Waals surface area contributed by atoms with Crippen molar-refractivity contribution in [3.63, 3.8) is 0 Å². The molecule has 0 saturated carbocycles. The van der Waals surface area contributed by atoms with Gasteiger partial charge in [0.05, 0.1) is 19.5 Å². The number of carbonyl (C=O) groups is 2. The summed E-state index contributed by atoms with van der Waals surface area (Å²) in [7, 11) is 0. The zero-order valence-electron chi connectivity index (χ0n) is 20.9. The molecular formula is C25H22ClN7O8. The highest BCUT2D eigenvalue weighted by atomic mass is 35.5. The van der Waals surface area contributed by atoms with E-state index in [1.807, 2.05) is 30.3 Å². The highest BCUT2D eigenvalue weighted by molar-refractivity contribution is 6.28. The van der Waals surface area contributed by atoms with Crippen LogP contribution in [0.15, 0.2) is 48.9 Å². The molecule has 16 heteroatoms. The van der Waals surface area contributed by atoms with Gasteiger partial charge in [0.25, 0.3) is 6.10 Å². The molecule has 212 valence electrons. The number of nitrogen functional groups attached to an aromatic ring is 1. The van der Waals surface area contributed by atoms with Crippen molar-refractivity contribution >= 4 is 40.5 Å². The summed E-state index contributed by atoms with van der Waals surface area (Å²) in [5.41, 5.74) is 4.92. The Morgan fingerprint density at radius 1 is 1.20 bits per heavy atom. The van der Waals surface area contributed by atoms with Gasteiger partial charge in [-0.3, -0.25) is 9.25 Å². The molecule has 41 heavy (non-hydrogen) atoms. The average Bonchev–Trinajstić information content (AvgIpc) is 3.61. The minimum Gasteiger partial charge on any atom is -0.479 e. The van der Waals surface area contributed by atoms with Gasteiger partial charge in [-0.1, -0.05) is 36.3 Å². The van der Waals surface area contributed by atoms with Gasteiger partial charge in [0.15, 0.2) is 23.3 Å². The highest BCUT2D eigenvalue weighted by Gasteiger charge is 2.56. The third-order valence-electron chi connectivity index (χ3n) is 6.29. The van der Waals surface area contributed by atoms with Crippen molar-refractivity contribution in [2.24, 2.45) is 0 Å². The average molecular weight is 584 g/mol. The number of imidazole rings is 1. The number of aliphatic hydroxyl groups excluding tert-OH is 1. The first-order valence-electron chi connectivity index (χ1n) is 12.0. The van der Waals surface area contributed by atoms with Gasteiger partial charge in [-0.2, -0.15) is 15.1 Å². The van der Waals surface area contributed by atoms with Crippen molar-refractivity contribution in [2.45, 2.75) is 36.7 Å². The van der Waals surface area contributed by atoms with Crippen LogP contribution in [0.4, 0.5) is 5.82 Å². The van der Waals surface area contributed by atoms with E-state index in [2.05, 4.69) is 31.9 Å². The van der Waals surface area contributed by atoms with Gasteiger partial charge in [0.1, 0.15) is 23.4 Å². The lowest BCUT2D eigenvalue weighted by atomic mass is 9.92. The van der Waals surface area contributed by atoms with E-state index in [9.17, 15) is 30.0 Å². The van der Waals surface area contributed by atoms with Crippen LogP contribution in [-0.2, 0) is 25.6 Å². The fourth-order valence-corrected chi connectivity index (χ4v) is 4.44. The molecule has 4 atom stereocenters. The zero-order chi connectivity index (χ0) is 29.3. The van der Waals surface area contributed by atoms with E-state index in [0.717, 1.165) is 5.56 Å². The number of benzene rings is 1. The summed E-state index contributed by atoms with van der Waals surface area (Å²) in [6, 6.07) is 11.1. The Morgan fingerprint density at radius 3 is 2.63 bits per heavy atom. The third-order valence-corrected chi connectivity index (χ3v) is 6.46. The Labute approximate surface area is 235 Å². The number of hydrogen-bond acceptors (Lipinski definition) is 11. The van der Waals surface area contributed by atoms with Crippen molar-refractivity contribution in [1.29, 1.82) is 0 Å². The number of carboxylic acid groups (broad SMARTS) is 2. The number of fused-ring (bicyclic) bond motifs is 1. The molecule has 1 aliphatic rings. The SMILES string of the molecule is Nc1nc(Cl)nc2c1ncn2[C@@H]1O[C@H](COC(C(=O)O)C(=O)O)[C@](O)(C#Cc2ccn(Cc3ccccc3)n2)[C@H]1O. The van der Waals surface area contributed by atoms with E-state index in [0.29, 0.717) is 6.54 Å². The van der Waals surface area contributed by atoms with Gasteiger partial charge in [0, 0.05) is 6.20 Å². The van der Waals surface area contributed by atoms with Gasteiger partial charge in [-0.25, -0.2) is 14.6 Å². The number of anilines is 1. The summed E-state index contributed by atoms with van der Waals surface area (Å²) in [4.78, 5) is 34.7. The molecule has 4 aromatic rings. The van der Waals surface area contributed by atoms with E-state index < -0.39 is 48.7 Å². The fourth-order valence-electron chi connectivity index (χ4n) is 4.27. The number of aromatic nitrogens is 6. The Hall–Kier alpha value is -4.59. The van der Waals surface area contributed by atoms with E-state index in [1.165, 1.54) is 10.9 Å². The van der Waals surface area contributed by atoms with Crippen molar-refractivity contribution in [2.75, 3.05) is 12.3 Å². The van der Waals surface area contributed by atoms with E-state index >= 15 is 0 Å². The Bertz CT molecular complexity index is 1650. The number of nitrogens with zero attached hydrogens (tertiary/aromatic N) is 6. The number of aliphatic carboxylic acids is 2. The van der Waals surface area contributed by atoms with Crippen LogP contribution in [0.3, 0.4) is 0 Å². The van der Waals surface area contributed by atoms with Crippen LogP contribution in [-0.4, -0.2) is 92.2 Å². The van der Waals surface area contributed by atoms with Crippen molar-refractivity contribution < 1.29 is 39.5 Å². The van der Waals surface area contributed by atoms with Gasteiger partial charge in [-0.15, -0.1) is 0 Å². The van der Waals surface area contributed by atoms with Gasteiger partial charge in [0.2, 0.25) is 5.28 Å². The summed E-state index contributed by atoms with van der Waals surface area (Å²) < 4.78 is 13.7. The first-order valence-corrected chi connectivity index (χ1v) is 12.3. The number of nitrogens with two attached hydrogens (primary N) is 1. The number of carboxylic acids is 2. The lowest BCUT2D eigenvalue weighted by molar-refractivity contribution is -0.171. The highest BCUT2D eigenvalue weighted by Crippen LogP contribution is 2.39. The zero-order valence-corrected chi connectivity index (χ0v) is 21.7. The summed E-state index contributed by atoms with van der Waals surface area (Å²) in [6.07, 6.45) is -4.09. The van der Waals surface area contributed by atoms with Crippen molar-refractivity contribution in [3.8, 4) is 11.8 Å². The van der Waals surface area contributed by atoms with E-state index in [4.69, 9.17) is 26.8 Å². The van der Waals surface area contributed by atoms with Crippen LogP contribution < -0.4 is 5.73 Å². The van der Waals surface area contributed by atoms with Crippen LogP contribution in [0.1, 0.15) is 17.5 Å². The predicted molar refractivity (Wildman–Crippen MR) is 139 cm³/mol. The first-order chi connectivity index (χ1) is 19.6. The molecule has 0 radical (unpaired) electrons. The lowest BCUT2D eigenvalue weighted by Gasteiger charge is -2.25. The fraction of sp³-hybridized carbons (Fsp3) is 0.280. The second kappa shape index (κ2) is 11.1. The third kappa shape index (κ3) is 5.55. The number of ether oxygens (including phenoxy) is 2. The summed E-state index contributed by atoms with van der Waals surface area (Å²) in [6.45, 7) is -0.307. The molecule has 4 heterocycles. The van der Waals surface area contributed by atoms with Crippen LogP contribution in [0.25, 0.3) is 11.2 Å². The number of hydrogen-bond donors (Lipinski definition) is 5. The molecule has 1 aliphatic heterocycles. The lowest BCUT2D eigenvalue weighted by Crippen LogP contribution is -2.49. The maximum atomic E-state index is 11.6. The predicted octanol–water partition coefficient (Wildman–Crippen LogP) is -0.0978. The molecule has 1 aromatic carbocycles. The molecule has 1 saturated heterocycles. The topological polar surface area (TPSA) is 221 Å². The Balaban J connectivity index is 1.47. The van der Waals surface area contributed by atoms with Crippen LogP contribution in [0.5, 0.6) is 0 Å². The quantitative estimate of drug-likeness (QED) is 0.104. The molecule has 1 fully saturated rings. The Kier molecular flexibility index (Phi) is 7.58. The smallest absolute Gasteiger partial charge is 0.344 e. The first kappa shape index (κ1) is 28.0. The second-order valence-electron chi connectivity index (χ2n) is 9.01. The van der Waals surface area contributed by atoms with E-state index in [-0.39, 0.29) is 28.0 Å². The molecule has 6 N–H and O–H groups in total. The molecular weight excluding hydrogens is 562 g/mol. The molecule has 0 bridgehead atoms. The van der Waals surface area contributed by atoms with Crippen LogP contribution in [0.2, 0.25) is 5.28 Å². The monoisotopic (exact) mass is 583 g/mol. The van der Waals surface area contributed by atoms with Crippen molar-refractivity contribution in [3.05, 3.63) is 65.5 Å². The maximum Gasteiger partial charge on any atom is 0.344 e. The van der Waals surface area contributed by atoms with Gasteiger partial charge >= 0.3 is 11.9 Å². The van der Waals surface area contributed by atoms with Gasteiger partial charge < -0.3 is 35.6 Å². The largest absolute Gasteiger partial charge is 0.479 e. The number of halogens is 1. The van der Waals surface area contributed by atoms with Crippen molar-refractivity contribution in [1.82, 2.24) is 29.3 Å². The standard InChI is InChI=1S/C25H22ClN7O8/c26-24-29-19(27)16-20(30-24)33(12-28-16)21-18(34)25(39,15(41-21)11-40-17(22(35)36)23(37)38)8-6-14-7-9-32(31-14)10-13-4-2-1-3-5-13/h1-5,7,9,12,15,17-18,21,34,39H,10-11H2,(H,35,36)(H,37,38)(H2,27,29,30)/t15-,18+,21-,25-/m1/s1. The van der Waals surface area contributed by atoms with E-state index in [1.54, 1.807) is 16.9 Å². The van der Waals surface area contributed by atoms with Crippen LogP contribution in [0, 0.1) is 11.8 Å². The second-order valence-corrected chi connectivity index (χ2v) is 9.35. The molecule has 0 aliphatic carbocycles. The number of aliphatic hydroxyl groups is 2. The minimum atomic E-state index is -2.39. The molecule has 5 rings (SSSR count). The summed E-state index contributed by atoms with van der Waals surface area (Å²) in [5.74, 6) is 1.67. The molecule has 0 unspecified atom stereocenters. The molecule has 15 nitrogen and oxygen atoms in total.